The number of H-pyrrole nitrogens is 1. The number of nitrogens with one attached hydrogen (secondary N) is 1. The van der Waals surface area contributed by atoms with Crippen LogP contribution < -0.4 is 5.73 Å². The number of fused-ring (bicyclic) bond motifs is 1. The average molecular weight is 514 g/mol. The molecule has 37 heavy (non-hydrogen) atoms. The molecule has 2 aromatic carbocycles. The number of nitrogens with two attached hydrogens (primary N) is 1. The highest BCUT2D eigenvalue weighted by Gasteiger charge is 2.38. The number of carboxylic acids is 2. The molecule has 9 N–H and O–H groups in total. The molecule has 1 saturated heterocycles. The molecule has 198 valence electrons. The molecule has 0 saturated carbocycles. The molecule has 1 aromatic heterocycles. The topological polar surface area (TPSA) is 217 Å². The zero-order chi connectivity index (χ0) is 25.4. The molecule has 1 atom stereocenters. The number of aromatic nitrogens is 1. The van der Waals surface area contributed by atoms with Gasteiger partial charge < -0.3 is 31.9 Å². The van der Waals surface area contributed by atoms with Crippen LogP contribution >= 0.6 is 0 Å². The molecule has 2 heterocycles. The second kappa shape index (κ2) is 14.3. The molecule has 0 radical (unpaired) electrons. The molecular weight excluding hydrogens is 482 g/mol. The molecule has 11 nitrogen and oxygen atoms in total. The van der Waals surface area contributed by atoms with Crippen molar-refractivity contribution < 1.29 is 40.3 Å². The molecule has 2 amide bonds. The van der Waals surface area contributed by atoms with Crippen molar-refractivity contribution in [2.75, 3.05) is 6.54 Å². The van der Waals surface area contributed by atoms with Crippen LogP contribution in [0.25, 0.3) is 10.9 Å². The summed E-state index contributed by atoms with van der Waals surface area (Å²) in [6.07, 6.45) is 4.79. The Balaban J connectivity index is 0.000000600. The van der Waals surface area contributed by atoms with Crippen molar-refractivity contribution in [2.45, 2.75) is 25.8 Å². The van der Waals surface area contributed by atoms with Gasteiger partial charge in [0.15, 0.2) is 0 Å². The number of benzene rings is 2. The average Bonchev–Trinajstić information content (AvgIpc) is 3.34. The predicted molar refractivity (Wildman–Crippen MR) is 137 cm³/mol. The monoisotopic (exact) mass is 513 g/mol. The molecule has 11 heteroatoms. The summed E-state index contributed by atoms with van der Waals surface area (Å²) in [7, 11) is 0. The maximum absolute atomic E-state index is 12.8. The van der Waals surface area contributed by atoms with Crippen LogP contribution in [-0.2, 0) is 38.6 Å². The third-order valence-corrected chi connectivity index (χ3v) is 5.62. The Morgan fingerprint density at radius 1 is 1.00 bits per heavy atom. The Bertz CT molecular complexity index is 1240. The predicted octanol–water partition coefficient (Wildman–Crippen LogP) is 0.849. The van der Waals surface area contributed by atoms with E-state index < -0.39 is 11.9 Å². The summed E-state index contributed by atoms with van der Waals surface area (Å²) in [5.41, 5.74) is 10.0. The van der Waals surface area contributed by atoms with Crippen LogP contribution in [0.2, 0.25) is 0 Å². The number of carbonyl (C=O) groups excluding carboxylic acids is 2. The van der Waals surface area contributed by atoms with Crippen LogP contribution in [0.15, 0.2) is 66.9 Å². The van der Waals surface area contributed by atoms with Gasteiger partial charge in [0.25, 0.3) is 0 Å². The van der Waals surface area contributed by atoms with Crippen LogP contribution in [0.3, 0.4) is 0 Å². The second-order valence-electron chi connectivity index (χ2n) is 8.15. The molecule has 4 rings (SSSR count). The van der Waals surface area contributed by atoms with Gasteiger partial charge in [-0.3, -0.25) is 14.5 Å². The highest BCUT2D eigenvalue weighted by atomic mass is 16.4. The quantitative estimate of drug-likeness (QED) is 0.251. The summed E-state index contributed by atoms with van der Waals surface area (Å²) >= 11 is 0. The molecule has 0 bridgehead atoms. The van der Waals surface area contributed by atoms with Gasteiger partial charge in [-0.25, -0.2) is 9.59 Å². The van der Waals surface area contributed by atoms with Gasteiger partial charge in [0.2, 0.25) is 11.8 Å². The molecule has 3 aromatic rings. The number of aliphatic carboxylic acids is 2. The van der Waals surface area contributed by atoms with Gasteiger partial charge in [0.05, 0.1) is 12.5 Å². The zero-order valence-electron chi connectivity index (χ0n) is 20.0. The van der Waals surface area contributed by atoms with Crippen molar-refractivity contribution in [3.8, 4) is 0 Å². The minimum Gasteiger partial charge on any atom is -0.478 e. The molecule has 1 aliphatic rings. The van der Waals surface area contributed by atoms with Gasteiger partial charge in [-0.15, -0.1) is 0 Å². The van der Waals surface area contributed by atoms with Crippen molar-refractivity contribution in [3.05, 3.63) is 83.6 Å². The fourth-order valence-corrected chi connectivity index (χ4v) is 3.99. The van der Waals surface area contributed by atoms with E-state index in [1.54, 1.807) is 0 Å². The first-order valence-corrected chi connectivity index (χ1v) is 11.1. The van der Waals surface area contributed by atoms with Gasteiger partial charge in [-0.2, -0.15) is 0 Å². The summed E-state index contributed by atoms with van der Waals surface area (Å²) in [5, 5.41) is 16.8. The summed E-state index contributed by atoms with van der Waals surface area (Å²) in [4.78, 5) is 48.9. The first kappa shape index (κ1) is 30.7. The number of carbonyl (C=O) groups is 4. The van der Waals surface area contributed by atoms with E-state index in [1.165, 1.54) is 10.5 Å². The first-order valence-electron chi connectivity index (χ1n) is 11.1. The van der Waals surface area contributed by atoms with Crippen molar-refractivity contribution in [3.63, 3.8) is 0 Å². The lowest BCUT2D eigenvalue weighted by atomic mass is 9.96. The van der Waals surface area contributed by atoms with E-state index in [0.717, 1.165) is 28.5 Å². The van der Waals surface area contributed by atoms with Crippen molar-refractivity contribution in [2.24, 2.45) is 11.7 Å². The van der Waals surface area contributed by atoms with E-state index in [4.69, 9.17) is 15.9 Å². The van der Waals surface area contributed by atoms with Gasteiger partial charge >= 0.3 is 11.9 Å². The summed E-state index contributed by atoms with van der Waals surface area (Å²) in [5.74, 6) is -2.95. The number of carboxylic acid groups (broad SMARTS) is 2. The van der Waals surface area contributed by atoms with Crippen LogP contribution in [0.4, 0.5) is 0 Å². The van der Waals surface area contributed by atoms with Crippen LogP contribution in [0, 0.1) is 5.92 Å². The highest BCUT2D eigenvalue weighted by molar-refractivity contribution is 6.03. The fourth-order valence-electron chi connectivity index (χ4n) is 3.99. The van der Waals surface area contributed by atoms with E-state index >= 15 is 0 Å². The van der Waals surface area contributed by atoms with E-state index in [-0.39, 0.29) is 35.1 Å². The van der Waals surface area contributed by atoms with Crippen LogP contribution in [-0.4, -0.2) is 61.3 Å². The van der Waals surface area contributed by atoms with Crippen LogP contribution in [0.5, 0.6) is 0 Å². The lowest BCUT2D eigenvalue weighted by Crippen LogP contribution is -2.30. The number of amides is 2. The minimum absolute atomic E-state index is 0. The number of aromatic amines is 1. The van der Waals surface area contributed by atoms with Crippen molar-refractivity contribution in [1.82, 2.24) is 9.88 Å². The van der Waals surface area contributed by atoms with E-state index in [2.05, 4.69) is 11.1 Å². The van der Waals surface area contributed by atoms with Gasteiger partial charge in [-0.05, 0) is 48.2 Å². The third-order valence-electron chi connectivity index (χ3n) is 5.62. The van der Waals surface area contributed by atoms with E-state index in [0.29, 0.717) is 31.7 Å². The lowest BCUT2D eigenvalue weighted by molar-refractivity contribution is -0.140. The largest absolute Gasteiger partial charge is 0.478 e. The van der Waals surface area contributed by atoms with Gasteiger partial charge in [0.1, 0.15) is 0 Å². The number of imide groups is 1. The van der Waals surface area contributed by atoms with Crippen molar-refractivity contribution in [1.29, 1.82) is 0 Å². The zero-order valence-corrected chi connectivity index (χ0v) is 20.0. The Labute approximate surface area is 212 Å². The van der Waals surface area contributed by atoms with E-state index in [1.807, 2.05) is 48.7 Å². The second-order valence-corrected chi connectivity index (χ2v) is 8.15. The molecule has 0 spiro atoms. The Morgan fingerprint density at radius 3 is 2.24 bits per heavy atom. The lowest BCUT2D eigenvalue weighted by Gasteiger charge is -2.15. The molecule has 1 unspecified atom stereocenters. The number of nitrogens with zero attached hydrogens (tertiary/aromatic N) is 1. The Morgan fingerprint density at radius 2 is 1.65 bits per heavy atom. The smallest absolute Gasteiger partial charge is 0.328 e. The fraction of sp³-hybridized carbons (Fsp3) is 0.231. The minimum atomic E-state index is -1.26. The third kappa shape index (κ3) is 8.39. The Kier molecular flexibility index (Phi) is 11.9. The summed E-state index contributed by atoms with van der Waals surface area (Å²) in [6.45, 7) is 0.952. The van der Waals surface area contributed by atoms with Crippen LogP contribution in [0.1, 0.15) is 23.1 Å². The maximum Gasteiger partial charge on any atom is 0.328 e. The number of hydrogen-bond donors (Lipinski definition) is 4. The molecular formula is C26H31N3O8. The van der Waals surface area contributed by atoms with Gasteiger partial charge in [0, 0.05) is 35.7 Å². The Hall–Kier alpha value is -4.32. The summed E-state index contributed by atoms with van der Waals surface area (Å²) < 4.78 is 0. The SMILES string of the molecule is NCCc1c[nH]c2ccc(CC3CC(=O)N(Cc4ccccc4)C3=O)cc12.O.O.O=C(O)/C=C\C(=O)O. The normalized spacial score (nSPS) is 14.6. The first-order chi connectivity index (χ1) is 16.8. The van der Waals surface area contributed by atoms with E-state index in [9.17, 15) is 19.2 Å². The highest BCUT2D eigenvalue weighted by Crippen LogP contribution is 2.27. The maximum atomic E-state index is 12.8. The molecule has 1 fully saturated rings. The van der Waals surface area contributed by atoms with Crippen molar-refractivity contribution >= 4 is 34.7 Å². The standard InChI is InChI=1S/C22H23N3O2.C4H4O4.2H2O/c23-9-8-17-13-24-20-7-6-16(11-19(17)20)10-18-12-21(26)25(22(18)27)14-15-4-2-1-3-5-15;5-3(6)1-2-4(7)8;;/h1-7,11,13,18,24H,8-10,12,14,23H2;1-2H,(H,5,6)(H,7,8);2*1H2/b;2-1-;;. The summed E-state index contributed by atoms with van der Waals surface area (Å²) in [6, 6.07) is 15.8. The van der Waals surface area contributed by atoms with Gasteiger partial charge in [-0.1, -0.05) is 36.4 Å². The molecule has 1 aliphatic heterocycles. The number of hydrogen-bond acceptors (Lipinski definition) is 5. The number of rotatable bonds is 8. The number of likely N-dealkylation sites (tertiary alicyclic amines) is 1. The molecule has 0 aliphatic carbocycles.